The molecule has 140 valence electrons. The molecule has 7 heteroatoms. The Hall–Kier alpha value is -1.89. The highest BCUT2D eigenvalue weighted by atomic mass is 35.5. The Morgan fingerprint density at radius 3 is 2.27 bits per heavy atom. The van der Waals surface area contributed by atoms with Crippen molar-refractivity contribution in [2.75, 3.05) is 18.0 Å². The van der Waals surface area contributed by atoms with Crippen molar-refractivity contribution in [3.63, 3.8) is 0 Å². The summed E-state index contributed by atoms with van der Waals surface area (Å²) in [5.74, 6) is -0.186. The number of nitrogens with zero attached hydrogens (tertiary/aromatic N) is 1. The number of anilines is 1. The Morgan fingerprint density at radius 2 is 1.73 bits per heavy atom. The van der Waals surface area contributed by atoms with Gasteiger partial charge in [0.05, 0.1) is 4.90 Å². The molecule has 0 aromatic heterocycles. The third-order valence-electron chi connectivity index (χ3n) is 4.00. The monoisotopic (exact) mass is 394 g/mol. The fourth-order valence-electron chi connectivity index (χ4n) is 3.07. The molecule has 2 aromatic rings. The van der Waals surface area contributed by atoms with Crippen LogP contribution in [0.2, 0.25) is 5.02 Å². The molecule has 1 amide bonds. The van der Waals surface area contributed by atoms with Gasteiger partial charge in [0.15, 0.2) is 0 Å². The van der Waals surface area contributed by atoms with Gasteiger partial charge in [-0.15, -0.1) is 0 Å². The number of halogens is 1. The zero-order chi connectivity index (χ0) is 19.5. The minimum atomic E-state index is -3.66. The Labute approximate surface area is 160 Å². The van der Waals surface area contributed by atoms with Crippen LogP contribution < -0.4 is 9.62 Å². The van der Waals surface area contributed by atoms with Crippen LogP contribution in [0, 0.1) is 20.8 Å². The van der Waals surface area contributed by atoms with E-state index in [1.54, 1.807) is 38.1 Å². The van der Waals surface area contributed by atoms with Crippen molar-refractivity contribution in [1.29, 1.82) is 0 Å². The Bertz CT molecular complexity index is 903. The van der Waals surface area contributed by atoms with E-state index in [2.05, 4.69) is 4.72 Å². The first-order valence-corrected chi connectivity index (χ1v) is 10.1. The highest BCUT2D eigenvalue weighted by Crippen LogP contribution is 2.22. The summed E-state index contributed by atoms with van der Waals surface area (Å²) in [6.45, 7) is 7.23. The van der Waals surface area contributed by atoms with Gasteiger partial charge in [0.1, 0.15) is 0 Å². The Kier molecular flexibility index (Phi) is 6.44. The molecule has 0 atom stereocenters. The molecule has 5 nitrogen and oxygen atoms in total. The first-order chi connectivity index (χ1) is 12.1. The molecule has 26 heavy (non-hydrogen) atoms. The molecule has 0 saturated heterocycles. The number of aryl methyl sites for hydroxylation is 3. The summed E-state index contributed by atoms with van der Waals surface area (Å²) in [5.41, 5.74) is 3.05. The molecule has 0 spiro atoms. The van der Waals surface area contributed by atoms with E-state index in [0.717, 1.165) is 5.56 Å². The van der Waals surface area contributed by atoms with Crippen molar-refractivity contribution < 1.29 is 13.2 Å². The number of carbonyl (C=O) groups excluding carboxylic acids is 1. The SMILES string of the molecule is CC(=O)N(CCNS(=O)(=O)c1c(C)cc(C)cc1C)c1cccc(Cl)c1. The van der Waals surface area contributed by atoms with Crippen molar-refractivity contribution in [3.8, 4) is 0 Å². The van der Waals surface area contributed by atoms with Crippen LogP contribution in [0.25, 0.3) is 0 Å². The van der Waals surface area contributed by atoms with E-state index < -0.39 is 10.0 Å². The molecule has 0 fully saturated rings. The summed E-state index contributed by atoms with van der Waals surface area (Å²) in [7, 11) is -3.66. The third kappa shape index (κ3) is 4.84. The van der Waals surface area contributed by atoms with Crippen molar-refractivity contribution in [2.45, 2.75) is 32.6 Å². The first kappa shape index (κ1) is 20.4. The summed E-state index contributed by atoms with van der Waals surface area (Å²) in [6.07, 6.45) is 0. The van der Waals surface area contributed by atoms with Crippen molar-refractivity contribution >= 4 is 33.2 Å². The van der Waals surface area contributed by atoms with Crippen LogP contribution in [0.15, 0.2) is 41.3 Å². The van der Waals surface area contributed by atoms with Gasteiger partial charge in [-0.25, -0.2) is 13.1 Å². The van der Waals surface area contributed by atoms with E-state index in [-0.39, 0.29) is 19.0 Å². The van der Waals surface area contributed by atoms with Gasteiger partial charge >= 0.3 is 0 Å². The van der Waals surface area contributed by atoms with Crippen molar-refractivity contribution in [3.05, 3.63) is 58.1 Å². The number of benzene rings is 2. The first-order valence-electron chi connectivity index (χ1n) is 8.23. The maximum Gasteiger partial charge on any atom is 0.241 e. The van der Waals surface area contributed by atoms with Gasteiger partial charge in [0.25, 0.3) is 0 Å². The molecule has 0 aliphatic heterocycles. The van der Waals surface area contributed by atoms with E-state index >= 15 is 0 Å². The van der Waals surface area contributed by atoms with E-state index in [9.17, 15) is 13.2 Å². The van der Waals surface area contributed by atoms with E-state index in [4.69, 9.17) is 11.6 Å². The lowest BCUT2D eigenvalue weighted by Crippen LogP contribution is -2.37. The number of rotatable bonds is 6. The van der Waals surface area contributed by atoms with Crippen LogP contribution in [-0.2, 0) is 14.8 Å². The predicted molar refractivity (Wildman–Crippen MR) is 105 cm³/mol. The van der Waals surface area contributed by atoms with Crippen LogP contribution in [-0.4, -0.2) is 27.4 Å². The van der Waals surface area contributed by atoms with Gasteiger partial charge in [-0.1, -0.05) is 35.4 Å². The molecule has 0 aliphatic rings. The lowest BCUT2D eigenvalue weighted by Gasteiger charge is -2.22. The van der Waals surface area contributed by atoms with Crippen LogP contribution in [0.1, 0.15) is 23.6 Å². The fourth-order valence-corrected chi connectivity index (χ4v) is 4.72. The summed E-state index contributed by atoms with van der Waals surface area (Å²) in [4.78, 5) is 13.7. The van der Waals surface area contributed by atoms with Crippen LogP contribution >= 0.6 is 11.6 Å². The molecule has 0 saturated carbocycles. The highest BCUT2D eigenvalue weighted by Gasteiger charge is 2.20. The van der Waals surface area contributed by atoms with Gasteiger partial charge in [-0.3, -0.25) is 4.79 Å². The smallest absolute Gasteiger partial charge is 0.241 e. The largest absolute Gasteiger partial charge is 0.311 e. The van der Waals surface area contributed by atoms with Gasteiger partial charge in [0, 0.05) is 30.7 Å². The fraction of sp³-hybridized carbons (Fsp3) is 0.316. The zero-order valence-electron chi connectivity index (χ0n) is 15.3. The van der Waals surface area contributed by atoms with Crippen LogP contribution in [0.3, 0.4) is 0 Å². The van der Waals surface area contributed by atoms with Crippen molar-refractivity contribution in [2.24, 2.45) is 0 Å². The summed E-state index contributed by atoms with van der Waals surface area (Å²) < 4.78 is 28.0. The molecule has 2 rings (SSSR count). The van der Waals surface area contributed by atoms with Crippen LogP contribution in [0.5, 0.6) is 0 Å². The standard InChI is InChI=1S/C19H23ClN2O3S/c1-13-10-14(2)19(15(3)11-13)26(24,25)21-8-9-22(16(4)23)18-7-5-6-17(20)12-18/h5-7,10-12,21H,8-9H2,1-4H3. The molecule has 2 aromatic carbocycles. The van der Waals surface area contributed by atoms with Crippen molar-refractivity contribution in [1.82, 2.24) is 4.72 Å². The van der Waals surface area contributed by atoms with Crippen LogP contribution in [0.4, 0.5) is 5.69 Å². The summed E-state index contributed by atoms with van der Waals surface area (Å²) >= 11 is 5.98. The predicted octanol–water partition coefficient (Wildman–Crippen LogP) is 3.60. The molecule has 1 N–H and O–H groups in total. The maximum atomic E-state index is 12.7. The summed E-state index contributed by atoms with van der Waals surface area (Å²) in [6, 6.07) is 10.6. The Balaban J connectivity index is 2.15. The molecule has 0 aliphatic carbocycles. The number of hydrogen-bond donors (Lipinski definition) is 1. The molecule has 0 unspecified atom stereocenters. The molecular weight excluding hydrogens is 372 g/mol. The third-order valence-corrected chi connectivity index (χ3v) is 6.00. The molecular formula is C19H23ClN2O3S. The quantitative estimate of drug-likeness (QED) is 0.814. The average Bonchev–Trinajstić information content (AvgIpc) is 2.49. The molecule has 0 bridgehead atoms. The second-order valence-corrected chi connectivity index (χ2v) is 8.42. The normalized spacial score (nSPS) is 11.4. The summed E-state index contributed by atoms with van der Waals surface area (Å²) in [5, 5.41) is 0.514. The second kappa shape index (κ2) is 8.20. The lowest BCUT2D eigenvalue weighted by atomic mass is 10.1. The van der Waals surface area contributed by atoms with Gasteiger partial charge in [0.2, 0.25) is 15.9 Å². The highest BCUT2D eigenvalue weighted by molar-refractivity contribution is 7.89. The minimum absolute atomic E-state index is 0.0984. The number of sulfonamides is 1. The second-order valence-electron chi connectivity index (χ2n) is 6.28. The van der Waals surface area contributed by atoms with Gasteiger partial charge in [-0.05, 0) is 50.1 Å². The average molecular weight is 395 g/mol. The maximum absolute atomic E-state index is 12.7. The topological polar surface area (TPSA) is 66.5 Å². The minimum Gasteiger partial charge on any atom is -0.311 e. The molecule has 0 radical (unpaired) electrons. The number of nitrogens with one attached hydrogen (secondary N) is 1. The number of hydrogen-bond acceptors (Lipinski definition) is 3. The Morgan fingerprint density at radius 1 is 1.12 bits per heavy atom. The number of carbonyl (C=O) groups is 1. The lowest BCUT2D eigenvalue weighted by molar-refractivity contribution is -0.116. The van der Waals surface area contributed by atoms with E-state index in [1.807, 2.05) is 19.1 Å². The van der Waals surface area contributed by atoms with E-state index in [1.165, 1.54) is 11.8 Å². The molecule has 0 heterocycles. The van der Waals surface area contributed by atoms with Gasteiger partial charge in [-0.2, -0.15) is 0 Å². The van der Waals surface area contributed by atoms with Gasteiger partial charge < -0.3 is 4.90 Å². The zero-order valence-corrected chi connectivity index (χ0v) is 16.9. The number of amides is 1. The van der Waals surface area contributed by atoms with E-state index in [0.29, 0.717) is 26.7 Å².